The van der Waals surface area contributed by atoms with Crippen LogP contribution in [0.15, 0.2) is 28.8 Å². The summed E-state index contributed by atoms with van der Waals surface area (Å²) >= 11 is 0. The molecular formula is C17H21FN4O2. The largest absolute Gasteiger partial charge is 0.343 e. The molecule has 1 amide bonds. The molecule has 0 saturated carbocycles. The van der Waals surface area contributed by atoms with Crippen molar-refractivity contribution in [3.8, 4) is 11.4 Å². The Labute approximate surface area is 139 Å². The van der Waals surface area contributed by atoms with Crippen LogP contribution >= 0.6 is 0 Å². The fraction of sp³-hybridized carbons (Fsp3) is 0.471. The average molecular weight is 332 g/mol. The van der Waals surface area contributed by atoms with Crippen LogP contribution in [-0.2, 0) is 11.2 Å². The molecule has 1 saturated heterocycles. The summed E-state index contributed by atoms with van der Waals surface area (Å²) in [5.41, 5.74) is 6.55. The van der Waals surface area contributed by atoms with Crippen molar-refractivity contribution >= 4 is 5.91 Å². The van der Waals surface area contributed by atoms with Crippen LogP contribution in [0.2, 0.25) is 0 Å². The van der Waals surface area contributed by atoms with Gasteiger partial charge in [-0.25, -0.2) is 4.39 Å². The number of hydrogen-bond donors (Lipinski definition) is 1. The average Bonchev–Trinajstić information content (AvgIpc) is 3.05. The summed E-state index contributed by atoms with van der Waals surface area (Å²) in [7, 11) is 0. The number of nitrogens with zero attached hydrogens (tertiary/aromatic N) is 3. The summed E-state index contributed by atoms with van der Waals surface area (Å²) < 4.78 is 18.1. The van der Waals surface area contributed by atoms with E-state index in [0.29, 0.717) is 36.5 Å². The first-order valence-electron chi connectivity index (χ1n) is 8.23. The second-order valence-corrected chi connectivity index (χ2v) is 6.09. The van der Waals surface area contributed by atoms with Crippen molar-refractivity contribution in [2.45, 2.75) is 38.1 Å². The molecule has 0 aliphatic carbocycles. The lowest BCUT2D eigenvalue weighted by Crippen LogP contribution is -2.42. The van der Waals surface area contributed by atoms with Gasteiger partial charge in [0.15, 0.2) is 0 Å². The van der Waals surface area contributed by atoms with Crippen LogP contribution in [0.5, 0.6) is 0 Å². The lowest BCUT2D eigenvalue weighted by Gasteiger charge is -2.30. The van der Waals surface area contributed by atoms with Crippen LogP contribution in [-0.4, -0.2) is 40.1 Å². The Kier molecular flexibility index (Phi) is 5.20. The summed E-state index contributed by atoms with van der Waals surface area (Å²) in [6, 6.07) is 6.14. The Bertz CT molecular complexity index is 678. The summed E-state index contributed by atoms with van der Waals surface area (Å²) in [4.78, 5) is 18.3. The van der Waals surface area contributed by atoms with Crippen molar-refractivity contribution in [2.75, 3.05) is 13.1 Å². The van der Waals surface area contributed by atoms with Crippen molar-refractivity contribution in [2.24, 2.45) is 5.73 Å². The molecule has 1 aromatic carbocycles. The van der Waals surface area contributed by atoms with E-state index < -0.39 is 0 Å². The molecule has 24 heavy (non-hydrogen) atoms. The lowest BCUT2D eigenvalue weighted by atomic mass is 10.1. The van der Waals surface area contributed by atoms with Crippen LogP contribution in [0.25, 0.3) is 11.4 Å². The molecule has 1 aromatic heterocycles. The first-order valence-corrected chi connectivity index (χ1v) is 8.23. The third-order valence-corrected chi connectivity index (χ3v) is 4.24. The zero-order chi connectivity index (χ0) is 16.9. The molecule has 0 radical (unpaired) electrons. The van der Waals surface area contributed by atoms with Gasteiger partial charge in [0.2, 0.25) is 17.6 Å². The highest BCUT2D eigenvalue weighted by Crippen LogP contribution is 2.17. The van der Waals surface area contributed by atoms with Gasteiger partial charge in [-0.2, -0.15) is 4.98 Å². The van der Waals surface area contributed by atoms with Gasteiger partial charge in [-0.05, 0) is 43.5 Å². The first kappa shape index (κ1) is 16.6. The first-order chi connectivity index (χ1) is 11.6. The molecule has 1 aliphatic heterocycles. The molecule has 0 spiro atoms. The Morgan fingerprint density at radius 3 is 2.71 bits per heavy atom. The molecule has 1 fully saturated rings. The number of rotatable bonds is 5. The molecule has 2 N–H and O–H groups in total. The minimum Gasteiger partial charge on any atom is -0.343 e. The fourth-order valence-corrected chi connectivity index (χ4v) is 2.77. The van der Waals surface area contributed by atoms with Crippen molar-refractivity contribution in [1.82, 2.24) is 15.0 Å². The predicted molar refractivity (Wildman–Crippen MR) is 86.4 cm³/mol. The summed E-state index contributed by atoms with van der Waals surface area (Å²) in [5, 5.41) is 3.89. The fourth-order valence-electron chi connectivity index (χ4n) is 2.77. The third kappa shape index (κ3) is 4.17. The maximum Gasteiger partial charge on any atom is 0.226 e. The molecule has 6 nitrogen and oxygen atoms in total. The number of nitrogens with two attached hydrogens (primary N) is 1. The van der Waals surface area contributed by atoms with Gasteiger partial charge >= 0.3 is 0 Å². The van der Waals surface area contributed by atoms with Crippen molar-refractivity contribution in [1.29, 1.82) is 0 Å². The highest BCUT2D eigenvalue weighted by Gasteiger charge is 2.20. The number of carbonyl (C=O) groups is 1. The van der Waals surface area contributed by atoms with Gasteiger partial charge in [0.1, 0.15) is 5.82 Å². The molecule has 128 valence electrons. The number of piperidine rings is 1. The SMILES string of the molecule is NC1CCN(C(=O)CCCc2nc(-c3ccc(F)cc3)no2)CC1. The highest BCUT2D eigenvalue weighted by molar-refractivity contribution is 5.76. The molecular weight excluding hydrogens is 311 g/mol. The maximum absolute atomic E-state index is 12.9. The van der Waals surface area contributed by atoms with Gasteiger partial charge in [-0.3, -0.25) is 4.79 Å². The van der Waals surface area contributed by atoms with Gasteiger partial charge in [-0.15, -0.1) is 0 Å². The highest BCUT2D eigenvalue weighted by atomic mass is 19.1. The van der Waals surface area contributed by atoms with E-state index in [4.69, 9.17) is 10.3 Å². The molecule has 1 aliphatic rings. The van der Waals surface area contributed by atoms with Crippen LogP contribution in [0.3, 0.4) is 0 Å². The Balaban J connectivity index is 1.47. The minimum atomic E-state index is -0.306. The number of likely N-dealkylation sites (tertiary alicyclic amines) is 1. The van der Waals surface area contributed by atoms with Gasteiger partial charge in [0, 0.05) is 37.5 Å². The number of carbonyl (C=O) groups excluding carboxylic acids is 1. The quantitative estimate of drug-likeness (QED) is 0.907. The topological polar surface area (TPSA) is 85.2 Å². The Morgan fingerprint density at radius 1 is 1.29 bits per heavy atom. The van der Waals surface area contributed by atoms with E-state index in [1.807, 2.05) is 4.90 Å². The summed E-state index contributed by atoms with van der Waals surface area (Å²) in [6.07, 6.45) is 3.41. The summed E-state index contributed by atoms with van der Waals surface area (Å²) in [6.45, 7) is 1.49. The van der Waals surface area contributed by atoms with Crippen molar-refractivity contribution in [3.63, 3.8) is 0 Å². The van der Waals surface area contributed by atoms with Gasteiger partial charge in [0.05, 0.1) is 0 Å². The maximum atomic E-state index is 12.9. The Hall–Kier alpha value is -2.28. The normalized spacial score (nSPS) is 15.7. The molecule has 0 unspecified atom stereocenters. The van der Waals surface area contributed by atoms with Crippen LogP contribution in [0.4, 0.5) is 4.39 Å². The third-order valence-electron chi connectivity index (χ3n) is 4.24. The molecule has 0 atom stereocenters. The van der Waals surface area contributed by atoms with E-state index in [2.05, 4.69) is 10.1 Å². The Morgan fingerprint density at radius 2 is 2.00 bits per heavy atom. The standard InChI is InChI=1S/C17H21FN4O2/c18-13-6-4-12(5-7-13)17-20-15(24-21-17)2-1-3-16(23)22-10-8-14(19)9-11-22/h4-7,14H,1-3,8-11,19H2. The van der Waals surface area contributed by atoms with Gasteiger partial charge in [-0.1, -0.05) is 5.16 Å². The van der Waals surface area contributed by atoms with Gasteiger partial charge < -0.3 is 15.2 Å². The van der Waals surface area contributed by atoms with Gasteiger partial charge in [0.25, 0.3) is 0 Å². The predicted octanol–water partition coefficient (Wildman–Crippen LogP) is 2.15. The second kappa shape index (κ2) is 7.53. The number of hydrogen-bond acceptors (Lipinski definition) is 5. The lowest BCUT2D eigenvalue weighted by molar-refractivity contribution is -0.132. The van der Waals surface area contributed by atoms with E-state index in [1.54, 1.807) is 12.1 Å². The zero-order valence-corrected chi connectivity index (χ0v) is 13.4. The number of amides is 1. The number of aryl methyl sites for hydroxylation is 1. The number of aromatic nitrogens is 2. The van der Waals surface area contributed by atoms with E-state index in [1.165, 1.54) is 12.1 Å². The van der Waals surface area contributed by atoms with E-state index in [-0.39, 0.29) is 17.8 Å². The van der Waals surface area contributed by atoms with Crippen LogP contribution in [0.1, 0.15) is 31.6 Å². The molecule has 2 heterocycles. The molecule has 0 bridgehead atoms. The number of halogens is 1. The monoisotopic (exact) mass is 332 g/mol. The molecule has 2 aromatic rings. The van der Waals surface area contributed by atoms with Crippen LogP contribution in [0, 0.1) is 5.82 Å². The minimum absolute atomic E-state index is 0.153. The van der Waals surface area contributed by atoms with Crippen molar-refractivity contribution < 1.29 is 13.7 Å². The molecule has 3 rings (SSSR count). The summed E-state index contributed by atoms with van der Waals surface area (Å²) in [5.74, 6) is 0.768. The van der Waals surface area contributed by atoms with E-state index >= 15 is 0 Å². The van der Waals surface area contributed by atoms with Crippen molar-refractivity contribution in [3.05, 3.63) is 36.0 Å². The van der Waals surface area contributed by atoms with E-state index in [0.717, 1.165) is 25.9 Å². The van der Waals surface area contributed by atoms with E-state index in [9.17, 15) is 9.18 Å². The molecule has 7 heteroatoms. The smallest absolute Gasteiger partial charge is 0.226 e. The van der Waals surface area contributed by atoms with Crippen LogP contribution < -0.4 is 5.73 Å². The number of benzene rings is 1. The second-order valence-electron chi connectivity index (χ2n) is 6.09. The zero-order valence-electron chi connectivity index (χ0n) is 13.4.